The van der Waals surface area contributed by atoms with Crippen molar-refractivity contribution in [3.05, 3.63) is 23.1 Å². The first kappa shape index (κ1) is 14.8. The molecule has 0 amide bonds. The highest BCUT2D eigenvalue weighted by Gasteiger charge is 2.28. The molecular formula is C18H25N5O. The lowest BCUT2D eigenvalue weighted by Gasteiger charge is -2.32. The molecule has 128 valence electrons. The van der Waals surface area contributed by atoms with Crippen molar-refractivity contribution in [2.24, 2.45) is 5.92 Å². The summed E-state index contributed by atoms with van der Waals surface area (Å²) in [5, 5.41) is 13.7. The molecule has 0 N–H and O–H groups in total. The predicted octanol–water partition coefficient (Wildman–Crippen LogP) is 1.83. The van der Waals surface area contributed by atoms with Crippen LogP contribution in [-0.2, 0) is 17.6 Å². The standard InChI is InChI=1S/C18H25N5O/c1-2-15-10-17-19-20-18(23(17)21-16(15)3-1)14-4-7-22(8-5-14)11-13-6-9-24-12-13/h10,13-14H,1-9,11-12H2. The molecule has 0 saturated carbocycles. The van der Waals surface area contributed by atoms with Gasteiger partial charge in [0.25, 0.3) is 0 Å². The maximum atomic E-state index is 5.51. The molecule has 2 aromatic heterocycles. The summed E-state index contributed by atoms with van der Waals surface area (Å²) < 4.78 is 7.53. The van der Waals surface area contributed by atoms with Gasteiger partial charge in [-0.1, -0.05) is 0 Å². The average molecular weight is 327 g/mol. The number of hydrogen-bond donors (Lipinski definition) is 0. The Morgan fingerprint density at radius 3 is 2.88 bits per heavy atom. The topological polar surface area (TPSA) is 55.5 Å². The Kier molecular flexibility index (Phi) is 3.74. The smallest absolute Gasteiger partial charge is 0.178 e. The van der Waals surface area contributed by atoms with Crippen LogP contribution in [-0.4, -0.2) is 57.6 Å². The second-order valence-electron chi connectivity index (χ2n) is 7.60. The molecule has 2 aromatic rings. The molecule has 3 aliphatic rings. The van der Waals surface area contributed by atoms with Crippen LogP contribution in [0.4, 0.5) is 0 Å². The Bertz CT molecular complexity index is 728. The molecule has 2 saturated heterocycles. The summed E-state index contributed by atoms with van der Waals surface area (Å²) in [5.41, 5.74) is 3.55. The van der Waals surface area contributed by atoms with Crippen LogP contribution in [0.25, 0.3) is 5.65 Å². The van der Waals surface area contributed by atoms with Gasteiger partial charge in [0, 0.05) is 19.1 Å². The van der Waals surface area contributed by atoms with E-state index < -0.39 is 0 Å². The minimum Gasteiger partial charge on any atom is -0.381 e. The van der Waals surface area contributed by atoms with Crippen molar-refractivity contribution < 1.29 is 4.74 Å². The zero-order valence-electron chi connectivity index (χ0n) is 14.2. The Balaban J connectivity index is 1.30. The SMILES string of the molecule is c1c2c(nn3c(C4CCN(CC5CCOC5)CC4)nnc13)CCC2. The van der Waals surface area contributed by atoms with E-state index in [4.69, 9.17) is 9.84 Å². The van der Waals surface area contributed by atoms with Crippen molar-refractivity contribution in [3.63, 3.8) is 0 Å². The van der Waals surface area contributed by atoms with Crippen molar-refractivity contribution in [1.82, 2.24) is 24.7 Å². The lowest BCUT2D eigenvalue weighted by Crippen LogP contribution is -2.37. The summed E-state index contributed by atoms with van der Waals surface area (Å²) in [7, 11) is 0. The van der Waals surface area contributed by atoms with Crippen molar-refractivity contribution in [3.8, 4) is 0 Å². The Labute approximate surface area is 142 Å². The Morgan fingerprint density at radius 1 is 1.12 bits per heavy atom. The number of aromatic nitrogens is 4. The fourth-order valence-electron chi connectivity index (χ4n) is 4.52. The van der Waals surface area contributed by atoms with E-state index in [1.54, 1.807) is 0 Å². The van der Waals surface area contributed by atoms with E-state index in [-0.39, 0.29) is 0 Å². The van der Waals surface area contributed by atoms with Crippen LogP contribution in [0.15, 0.2) is 6.07 Å². The van der Waals surface area contributed by atoms with Crippen LogP contribution in [0.5, 0.6) is 0 Å². The highest BCUT2D eigenvalue weighted by Crippen LogP contribution is 2.29. The molecule has 2 aliphatic heterocycles. The summed E-state index contributed by atoms with van der Waals surface area (Å²) in [4.78, 5) is 2.60. The van der Waals surface area contributed by atoms with Crippen LogP contribution in [0, 0.1) is 5.92 Å². The number of aryl methyl sites for hydroxylation is 2. The highest BCUT2D eigenvalue weighted by atomic mass is 16.5. The normalized spacial score (nSPS) is 25.6. The van der Waals surface area contributed by atoms with Crippen LogP contribution in [0.2, 0.25) is 0 Å². The van der Waals surface area contributed by atoms with Crippen LogP contribution in [0.1, 0.15) is 48.7 Å². The fourth-order valence-corrected chi connectivity index (χ4v) is 4.52. The molecule has 0 radical (unpaired) electrons. The largest absolute Gasteiger partial charge is 0.381 e. The fraction of sp³-hybridized carbons (Fsp3) is 0.722. The average Bonchev–Trinajstić information content (AvgIpc) is 3.34. The Morgan fingerprint density at radius 2 is 2.04 bits per heavy atom. The third-order valence-electron chi connectivity index (χ3n) is 5.94. The van der Waals surface area contributed by atoms with Gasteiger partial charge in [-0.3, -0.25) is 0 Å². The third-order valence-corrected chi connectivity index (χ3v) is 5.94. The van der Waals surface area contributed by atoms with Gasteiger partial charge in [0.2, 0.25) is 0 Å². The molecule has 2 fully saturated rings. The van der Waals surface area contributed by atoms with E-state index in [0.717, 1.165) is 69.4 Å². The van der Waals surface area contributed by atoms with E-state index in [9.17, 15) is 0 Å². The van der Waals surface area contributed by atoms with Crippen LogP contribution >= 0.6 is 0 Å². The molecule has 1 unspecified atom stereocenters. The first-order chi connectivity index (χ1) is 11.9. The Hall–Kier alpha value is -1.53. The monoisotopic (exact) mass is 327 g/mol. The number of nitrogens with zero attached hydrogens (tertiary/aromatic N) is 5. The molecule has 4 heterocycles. The molecule has 6 heteroatoms. The van der Waals surface area contributed by atoms with E-state index >= 15 is 0 Å². The lowest BCUT2D eigenvalue weighted by molar-refractivity contribution is 0.151. The zero-order valence-corrected chi connectivity index (χ0v) is 14.2. The van der Waals surface area contributed by atoms with E-state index in [0.29, 0.717) is 5.92 Å². The summed E-state index contributed by atoms with van der Waals surface area (Å²) in [5.74, 6) is 2.30. The second-order valence-corrected chi connectivity index (χ2v) is 7.60. The van der Waals surface area contributed by atoms with Crippen LogP contribution in [0.3, 0.4) is 0 Å². The van der Waals surface area contributed by atoms with Gasteiger partial charge in [0.1, 0.15) is 0 Å². The number of likely N-dealkylation sites (tertiary alicyclic amines) is 1. The number of hydrogen-bond acceptors (Lipinski definition) is 5. The number of rotatable bonds is 3. The third kappa shape index (κ3) is 2.62. The minimum atomic E-state index is 0.489. The second kappa shape index (κ2) is 6.08. The molecule has 0 spiro atoms. The van der Waals surface area contributed by atoms with Gasteiger partial charge in [-0.2, -0.15) is 9.61 Å². The molecular weight excluding hydrogens is 302 g/mol. The van der Waals surface area contributed by atoms with Gasteiger partial charge in [-0.25, -0.2) is 0 Å². The molecule has 6 nitrogen and oxygen atoms in total. The van der Waals surface area contributed by atoms with E-state index in [1.807, 2.05) is 4.52 Å². The predicted molar refractivity (Wildman–Crippen MR) is 90.1 cm³/mol. The van der Waals surface area contributed by atoms with Crippen molar-refractivity contribution in [1.29, 1.82) is 0 Å². The van der Waals surface area contributed by atoms with E-state index in [2.05, 4.69) is 21.2 Å². The molecule has 5 rings (SSSR count). The minimum absolute atomic E-state index is 0.489. The summed E-state index contributed by atoms with van der Waals surface area (Å²) in [6.45, 7) is 5.40. The summed E-state index contributed by atoms with van der Waals surface area (Å²) >= 11 is 0. The molecule has 1 aliphatic carbocycles. The van der Waals surface area contributed by atoms with E-state index in [1.165, 1.54) is 30.6 Å². The van der Waals surface area contributed by atoms with Gasteiger partial charge < -0.3 is 9.64 Å². The van der Waals surface area contributed by atoms with Gasteiger partial charge in [-0.05, 0) is 69.2 Å². The number of fused-ring (bicyclic) bond motifs is 2. The summed E-state index contributed by atoms with van der Waals surface area (Å²) in [6, 6.07) is 2.20. The first-order valence-electron chi connectivity index (χ1n) is 9.41. The first-order valence-corrected chi connectivity index (χ1v) is 9.41. The molecule has 24 heavy (non-hydrogen) atoms. The molecule has 1 atom stereocenters. The van der Waals surface area contributed by atoms with Gasteiger partial charge in [0.15, 0.2) is 11.5 Å². The van der Waals surface area contributed by atoms with Crippen molar-refractivity contribution >= 4 is 5.65 Å². The van der Waals surface area contributed by atoms with Crippen molar-refractivity contribution in [2.45, 2.75) is 44.4 Å². The van der Waals surface area contributed by atoms with Gasteiger partial charge in [-0.15, -0.1) is 10.2 Å². The highest BCUT2D eigenvalue weighted by molar-refractivity contribution is 5.43. The maximum absolute atomic E-state index is 5.51. The number of ether oxygens (including phenoxy) is 1. The van der Waals surface area contributed by atoms with Gasteiger partial charge >= 0.3 is 0 Å². The lowest BCUT2D eigenvalue weighted by atomic mass is 9.95. The molecule has 0 aromatic carbocycles. The quantitative estimate of drug-likeness (QED) is 0.861. The summed E-state index contributed by atoms with van der Waals surface area (Å²) in [6.07, 6.45) is 7.01. The number of piperidine rings is 1. The van der Waals surface area contributed by atoms with Gasteiger partial charge in [0.05, 0.1) is 12.3 Å². The van der Waals surface area contributed by atoms with Crippen molar-refractivity contribution in [2.75, 3.05) is 32.8 Å². The maximum Gasteiger partial charge on any atom is 0.178 e. The zero-order chi connectivity index (χ0) is 15.9. The molecule has 0 bridgehead atoms. The van der Waals surface area contributed by atoms with Crippen LogP contribution < -0.4 is 0 Å².